The van der Waals surface area contributed by atoms with Gasteiger partial charge < -0.3 is 25.4 Å². The number of aromatic nitrogens is 2. The number of amides is 1. The molecular formula is C24H29FN3NaO5. The normalized spacial score (nSPS) is 15.2. The predicted molar refractivity (Wildman–Crippen MR) is 118 cm³/mol. The summed E-state index contributed by atoms with van der Waals surface area (Å²) in [6.07, 6.45) is 2.01. The molecule has 3 N–H and O–H groups in total. The zero-order chi connectivity index (χ0) is 24.1. The summed E-state index contributed by atoms with van der Waals surface area (Å²) >= 11 is 0. The molecule has 0 spiro atoms. The Balaban J connectivity index is 0.00000408. The van der Waals surface area contributed by atoms with Crippen LogP contribution in [0.25, 0.3) is 11.8 Å². The number of aliphatic hydroxyl groups excluding tert-OH is 2. The third-order valence-corrected chi connectivity index (χ3v) is 5.46. The molecule has 178 valence electrons. The monoisotopic (exact) mass is 481 g/mol. The van der Waals surface area contributed by atoms with E-state index in [2.05, 4.69) is 10.4 Å². The van der Waals surface area contributed by atoms with E-state index in [0.717, 1.165) is 12.8 Å². The van der Waals surface area contributed by atoms with Gasteiger partial charge in [0.05, 0.1) is 23.6 Å². The van der Waals surface area contributed by atoms with Crippen molar-refractivity contribution in [1.29, 1.82) is 0 Å². The fourth-order valence-corrected chi connectivity index (χ4v) is 3.60. The van der Waals surface area contributed by atoms with E-state index in [1.54, 1.807) is 6.08 Å². The zero-order valence-corrected chi connectivity index (χ0v) is 21.7. The molecule has 0 aliphatic heterocycles. The van der Waals surface area contributed by atoms with Gasteiger partial charge in [0.25, 0.3) is 5.91 Å². The minimum Gasteiger partial charge on any atom is -0.550 e. The summed E-state index contributed by atoms with van der Waals surface area (Å²) in [7, 11) is 0. The molecule has 1 aliphatic rings. The Bertz CT molecular complexity index is 1020. The van der Waals surface area contributed by atoms with Gasteiger partial charge in [-0.25, -0.2) is 9.07 Å². The smallest absolute Gasteiger partial charge is 0.550 e. The van der Waals surface area contributed by atoms with E-state index in [1.165, 1.54) is 35.0 Å². The van der Waals surface area contributed by atoms with E-state index >= 15 is 0 Å². The van der Waals surface area contributed by atoms with Crippen LogP contribution in [-0.4, -0.2) is 50.6 Å². The molecule has 10 heteroatoms. The van der Waals surface area contributed by atoms with Crippen LogP contribution in [0, 0.1) is 11.7 Å². The van der Waals surface area contributed by atoms with E-state index in [4.69, 9.17) is 0 Å². The van der Waals surface area contributed by atoms with Crippen molar-refractivity contribution in [3.63, 3.8) is 0 Å². The maximum atomic E-state index is 13.5. The summed E-state index contributed by atoms with van der Waals surface area (Å²) in [5, 5.41) is 38.1. The van der Waals surface area contributed by atoms with Gasteiger partial charge in [0.1, 0.15) is 5.82 Å². The number of halogens is 1. The average Bonchev–Trinajstić information content (AvgIpc) is 3.48. The van der Waals surface area contributed by atoms with E-state index in [-0.39, 0.29) is 53.5 Å². The van der Waals surface area contributed by atoms with Crippen molar-refractivity contribution in [1.82, 2.24) is 15.1 Å². The van der Waals surface area contributed by atoms with Gasteiger partial charge in [0.2, 0.25) is 0 Å². The molecule has 1 aliphatic carbocycles. The molecule has 1 aromatic heterocycles. The van der Waals surface area contributed by atoms with Crippen molar-refractivity contribution >= 4 is 18.0 Å². The van der Waals surface area contributed by atoms with Gasteiger partial charge >= 0.3 is 29.6 Å². The second-order valence-corrected chi connectivity index (χ2v) is 8.74. The van der Waals surface area contributed by atoms with Crippen LogP contribution in [0.3, 0.4) is 0 Å². The second-order valence-electron chi connectivity index (χ2n) is 8.74. The van der Waals surface area contributed by atoms with Crippen LogP contribution in [-0.2, 0) is 4.79 Å². The molecule has 2 atom stereocenters. The molecule has 0 saturated heterocycles. The number of carboxylic acid groups (broad SMARTS) is 1. The number of carbonyl (C=O) groups excluding carboxylic acids is 2. The number of rotatable bonds is 11. The van der Waals surface area contributed by atoms with Crippen LogP contribution in [0.1, 0.15) is 67.2 Å². The number of carbonyl (C=O) groups is 2. The van der Waals surface area contributed by atoms with E-state index in [1.807, 2.05) is 13.8 Å². The minimum absolute atomic E-state index is 0. The number of nitrogens with zero attached hydrogens (tertiary/aromatic N) is 2. The number of aliphatic hydroxyl groups is 2. The summed E-state index contributed by atoms with van der Waals surface area (Å²) in [6, 6.07) is 5.65. The minimum atomic E-state index is -1.41. The molecule has 0 unspecified atom stereocenters. The van der Waals surface area contributed by atoms with Crippen molar-refractivity contribution in [2.75, 3.05) is 6.54 Å². The third kappa shape index (κ3) is 7.74. The average molecular weight is 482 g/mol. The molecule has 2 aromatic rings. The first kappa shape index (κ1) is 28.2. The summed E-state index contributed by atoms with van der Waals surface area (Å²) < 4.78 is 15.0. The topological polar surface area (TPSA) is 128 Å². The summed E-state index contributed by atoms with van der Waals surface area (Å²) in [5.41, 5.74) is 1.97. The van der Waals surface area contributed by atoms with Crippen LogP contribution < -0.4 is 40.0 Å². The van der Waals surface area contributed by atoms with Crippen LogP contribution in [0.2, 0.25) is 0 Å². The van der Waals surface area contributed by atoms with Crippen molar-refractivity contribution in [3.8, 4) is 5.69 Å². The molecule has 1 aromatic carbocycles. The molecule has 34 heavy (non-hydrogen) atoms. The molecule has 1 amide bonds. The fraction of sp³-hybridized carbons (Fsp3) is 0.458. The maximum Gasteiger partial charge on any atom is 1.00 e. The third-order valence-electron chi connectivity index (χ3n) is 5.46. The van der Waals surface area contributed by atoms with E-state index in [0.29, 0.717) is 29.4 Å². The van der Waals surface area contributed by atoms with Crippen LogP contribution in [0.5, 0.6) is 0 Å². The van der Waals surface area contributed by atoms with Crippen molar-refractivity contribution < 1.29 is 58.9 Å². The number of hydrogen-bond acceptors (Lipinski definition) is 6. The van der Waals surface area contributed by atoms with Crippen molar-refractivity contribution in [2.24, 2.45) is 5.92 Å². The van der Waals surface area contributed by atoms with E-state index < -0.39 is 30.4 Å². The van der Waals surface area contributed by atoms with Gasteiger partial charge in [-0.3, -0.25) is 4.79 Å². The maximum absolute atomic E-state index is 13.5. The molecule has 1 heterocycles. The molecule has 0 bridgehead atoms. The molecule has 3 rings (SSSR count). The summed E-state index contributed by atoms with van der Waals surface area (Å²) in [4.78, 5) is 23.6. The summed E-state index contributed by atoms with van der Waals surface area (Å²) in [6.45, 7) is 4.42. The van der Waals surface area contributed by atoms with Crippen molar-refractivity contribution in [3.05, 3.63) is 53.1 Å². The Kier molecular flexibility index (Phi) is 10.5. The molecular weight excluding hydrogens is 452 g/mol. The number of hydrogen-bond donors (Lipinski definition) is 3. The number of carboxylic acids is 1. The Morgan fingerprint density at radius 1 is 1.26 bits per heavy atom. The zero-order valence-electron chi connectivity index (χ0n) is 19.7. The largest absolute Gasteiger partial charge is 1.00 e. The van der Waals surface area contributed by atoms with Crippen LogP contribution >= 0.6 is 0 Å². The Morgan fingerprint density at radius 2 is 1.91 bits per heavy atom. The summed E-state index contributed by atoms with van der Waals surface area (Å²) in [5.74, 6) is -1.71. The van der Waals surface area contributed by atoms with Gasteiger partial charge in [-0.15, -0.1) is 0 Å². The fourth-order valence-electron chi connectivity index (χ4n) is 3.60. The molecule has 1 fully saturated rings. The first-order valence-electron chi connectivity index (χ1n) is 11.1. The van der Waals surface area contributed by atoms with E-state index in [9.17, 15) is 29.3 Å². The molecule has 8 nitrogen and oxygen atoms in total. The molecule has 1 saturated carbocycles. The Morgan fingerprint density at radius 3 is 2.47 bits per heavy atom. The second kappa shape index (κ2) is 12.6. The Hall–Kier alpha value is -2.04. The van der Waals surface area contributed by atoms with Gasteiger partial charge in [0, 0.05) is 30.9 Å². The predicted octanol–water partition coefficient (Wildman–Crippen LogP) is -1.46. The first-order valence-corrected chi connectivity index (χ1v) is 11.1. The van der Waals surface area contributed by atoms with Crippen molar-refractivity contribution in [2.45, 2.75) is 57.7 Å². The van der Waals surface area contributed by atoms with Crippen LogP contribution in [0.4, 0.5) is 4.39 Å². The Labute approximate surface area is 220 Å². The molecule has 0 radical (unpaired) electrons. The van der Waals surface area contributed by atoms with Gasteiger partial charge in [-0.2, -0.15) is 5.10 Å². The number of nitrogens with one attached hydrogen (secondary N) is 1. The number of aliphatic carboxylic acids is 1. The SMILES string of the molecule is CC(C)c1c(C(=O)NCC2CC2)nn(-c2ccc(F)cc2)c1/C=C/[C@@H](O)C[C@@H](O)CC(=O)[O-].[Na+]. The van der Waals surface area contributed by atoms with Crippen LogP contribution in [0.15, 0.2) is 30.3 Å². The van der Waals surface area contributed by atoms with Gasteiger partial charge in [-0.1, -0.05) is 19.9 Å². The number of benzene rings is 1. The standard InChI is InChI=1S/C24H30FN3O5.Na/c1-14(2)22-20(10-9-18(29)11-19(30)12-21(31)32)28(17-7-5-16(25)6-8-17)27-23(22)24(33)26-13-15-3-4-15;/h5-10,14-15,18-19,29-30H,3-4,11-13H2,1-2H3,(H,26,33)(H,31,32);/q;+1/p-1/b10-9+;/t18-,19-;/m1./s1. The van der Waals surface area contributed by atoms with Gasteiger partial charge in [-0.05, 0) is 55.0 Å². The van der Waals surface area contributed by atoms with Gasteiger partial charge in [0.15, 0.2) is 5.69 Å². The first-order chi connectivity index (χ1) is 15.7. The quantitative estimate of drug-likeness (QED) is 0.337.